The second kappa shape index (κ2) is 6.00. The zero-order valence-corrected chi connectivity index (χ0v) is 11.1. The summed E-state index contributed by atoms with van der Waals surface area (Å²) in [5.74, 6) is 0.0579. The molecule has 0 saturated heterocycles. The molecule has 0 spiro atoms. The second-order valence-corrected chi connectivity index (χ2v) is 4.91. The van der Waals surface area contributed by atoms with Crippen molar-refractivity contribution in [3.63, 3.8) is 0 Å². The Morgan fingerprint density at radius 2 is 2.39 bits per heavy atom. The number of hydrogen-bond acceptors (Lipinski definition) is 3. The Kier molecular flexibility index (Phi) is 4.36. The van der Waals surface area contributed by atoms with Crippen molar-refractivity contribution < 1.29 is 4.79 Å². The van der Waals surface area contributed by atoms with E-state index in [1.54, 1.807) is 6.33 Å². The van der Waals surface area contributed by atoms with E-state index in [-0.39, 0.29) is 11.9 Å². The lowest BCUT2D eigenvalue weighted by atomic mass is 10.3. The molecule has 1 aliphatic rings. The zero-order valence-electron chi connectivity index (χ0n) is 11.1. The van der Waals surface area contributed by atoms with Crippen LogP contribution in [-0.2, 0) is 11.3 Å². The highest BCUT2D eigenvalue weighted by molar-refractivity contribution is 5.79. The second-order valence-electron chi connectivity index (χ2n) is 4.91. The van der Waals surface area contributed by atoms with Crippen LogP contribution in [0.1, 0.15) is 44.8 Å². The molecule has 0 bridgehead atoms. The van der Waals surface area contributed by atoms with Crippen molar-refractivity contribution in [3.8, 4) is 0 Å². The first-order chi connectivity index (χ1) is 8.72. The summed E-state index contributed by atoms with van der Waals surface area (Å²) in [4.78, 5) is 16.1. The first-order valence-corrected chi connectivity index (χ1v) is 6.74. The van der Waals surface area contributed by atoms with Gasteiger partial charge in [-0.1, -0.05) is 6.92 Å². The highest BCUT2D eigenvalue weighted by Crippen LogP contribution is 2.19. The van der Waals surface area contributed by atoms with Crippen molar-refractivity contribution in [2.45, 2.75) is 51.7 Å². The van der Waals surface area contributed by atoms with Gasteiger partial charge >= 0.3 is 0 Å². The number of nitrogens with one attached hydrogen (secondary N) is 2. The maximum absolute atomic E-state index is 11.9. The number of carbonyl (C=O) groups excluding carboxylic acids is 1. The predicted octanol–water partition coefficient (Wildman–Crippen LogP) is 1.22. The van der Waals surface area contributed by atoms with Crippen LogP contribution in [0.2, 0.25) is 0 Å². The molecule has 2 rings (SSSR count). The number of imidazole rings is 1. The minimum absolute atomic E-state index is 0.0579. The maximum atomic E-state index is 11.9. The Hall–Kier alpha value is -1.36. The van der Waals surface area contributed by atoms with E-state index in [1.165, 1.54) is 12.8 Å². The van der Waals surface area contributed by atoms with Gasteiger partial charge in [0.25, 0.3) is 0 Å². The fourth-order valence-electron chi connectivity index (χ4n) is 1.88. The molecule has 1 aliphatic carbocycles. The van der Waals surface area contributed by atoms with Gasteiger partial charge in [0.1, 0.15) is 6.04 Å². The first-order valence-electron chi connectivity index (χ1n) is 6.74. The van der Waals surface area contributed by atoms with Gasteiger partial charge in [0, 0.05) is 25.3 Å². The molecule has 1 amide bonds. The van der Waals surface area contributed by atoms with E-state index in [2.05, 4.69) is 15.6 Å². The van der Waals surface area contributed by atoms with E-state index in [0.29, 0.717) is 6.04 Å². The van der Waals surface area contributed by atoms with Gasteiger partial charge in [-0.25, -0.2) is 4.98 Å². The molecule has 1 unspecified atom stereocenters. The quantitative estimate of drug-likeness (QED) is 0.765. The summed E-state index contributed by atoms with van der Waals surface area (Å²) in [6.07, 6.45) is 7.05. The molecule has 1 aromatic rings. The van der Waals surface area contributed by atoms with Crippen LogP contribution in [0, 0.1) is 0 Å². The molecule has 100 valence electrons. The van der Waals surface area contributed by atoms with Crippen LogP contribution >= 0.6 is 0 Å². The van der Waals surface area contributed by atoms with Crippen LogP contribution in [0.4, 0.5) is 0 Å². The van der Waals surface area contributed by atoms with Gasteiger partial charge in [-0.3, -0.25) is 4.79 Å². The third-order valence-electron chi connectivity index (χ3n) is 3.24. The number of amides is 1. The Bertz CT molecular complexity index is 397. The average Bonchev–Trinajstić information content (AvgIpc) is 3.09. The summed E-state index contributed by atoms with van der Waals surface area (Å²) in [6, 6.07) is 0.465. The van der Waals surface area contributed by atoms with Crippen LogP contribution in [0.25, 0.3) is 0 Å². The van der Waals surface area contributed by atoms with Gasteiger partial charge in [-0.05, 0) is 26.2 Å². The third kappa shape index (κ3) is 3.32. The van der Waals surface area contributed by atoms with E-state index in [1.807, 2.05) is 24.6 Å². The van der Waals surface area contributed by atoms with E-state index < -0.39 is 0 Å². The van der Waals surface area contributed by atoms with E-state index in [9.17, 15) is 4.79 Å². The molecule has 1 heterocycles. The number of hydrogen-bond donors (Lipinski definition) is 2. The van der Waals surface area contributed by atoms with Crippen molar-refractivity contribution >= 4 is 5.91 Å². The van der Waals surface area contributed by atoms with Crippen LogP contribution in [0.15, 0.2) is 12.5 Å². The summed E-state index contributed by atoms with van der Waals surface area (Å²) in [6.45, 7) is 5.48. The van der Waals surface area contributed by atoms with Gasteiger partial charge in [0.2, 0.25) is 5.91 Å². The number of rotatable bonds is 7. The normalized spacial score (nSPS) is 16.6. The van der Waals surface area contributed by atoms with E-state index >= 15 is 0 Å². The average molecular weight is 250 g/mol. The van der Waals surface area contributed by atoms with Crippen molar-refractivity contribution in [3.05, 3.63) is 18.2 Å². The number of nitrogens with zero attached hydrogens (tertiary/aromatic N) is 2. The molecule has 0 radical (unpaired) electrons. The fourth-order valence-corrected chi connectivity index (χ4v) is 1.88. The molecule has 0 aliphatic heterocycles. The van der Waals surface area contributed by atoms with Gasteiger partial charge < -0.3 is 15.2 Å². The summed E-state index contributed by atoms with van der Waals surface area (Å²) in [5.41, 5.74) is 1.07. The molecule has 1 aromatic heterocycles. The number of carbonyl (C=O) groups is 1. The Morgan fingerprint density at radius 1 is 1.61 bits per heavy atom. The smallest absolute Gasteiger partial charge is 0.242 e. The van der Waals surface area contributed by atoms with Gasteiger partial charge in [0.05, 0.1) is 12.0 Å². The highest BCUT2D eigenvalue weighted by atomic mass is 16.2. The minimum Gasteiger partial charge on any atom is -0.354 e. The van der Waals surface area contributed by atoms with Crippen LogP contribution < -0.4 is 10.6 Å². The van der Waals surface area contributed by atoms with Gasteiger partial charge in [0.15, 0.2) is 0 Å². The molecule has 2 N–H and O–H groups in total. The maximum Gasteiger partial charge on any atom is 0.242 e. The van der Waals surface area contributed by atoms with E-state index in [4.69, 9.17) is 0 Å². The SMILES string of the molecule is CCCNC(=O)C(C)n1cncc1CNC1CC1. The van der Waals surface area contributed by atoms with E-state index in [0.717, 1.165) is 25.2 Å². The summed E-state index contributed by atoms with van der Waals surface area (Å²) in [5, 5.41) is 6.36. The third-order valence-corrected chi connectivity index (χ3v) is 3.24. The van der Waals surface area contributed by atoms with Crippen molar-refractivity contribution in [2.75, 3.05) is 6.54 Å². The van der Waals surface area contributed by atoms with Crippen LogP contribution in [0.3, 0.4) is 0 Å². The summed E-state index contributed by atoms with van der Waals surface area (Å²) < 4.78 is 1.94. The number of aromatic nitrogens is 2. The van der Waals surface area contributed by atoms with Crippen LogP contribution in [-0.4, -0.2) is 28.0 Å². The summed E-state index contributed by atoms with van der Waals surface area (Å²) >= 11 is 0. The Morgan fingerprint density at radius 3 is 3.06 bits per heavy atom. The predicted molar refractivity (Wildman–Crippen MR) is 70.1 cm³/mol. The van der Waals surface area contributed by atoms with Gasteiger partial charge in [-0.2, -0.15) is 0 Å². The molecule has 18 heavy (non-hydrogen) atoms. The molecule has 1 atom stereocenters. The fraction of sp³-hybridized carbons (Fsp3) is 0.692. The highest BCUT2D eigenvalue weighted by Gasteiger charge is 2.22. The molecule has 1 fully saturated rings. The molecule has 5 nitrogen and oxygen atoms in total. The topological polar surface area (TPSA) is 59.0 Å². The molecule has 5 heteroatoms. The molecular formula is C13H22N4O. The van der Waals surface area contributed by atoms with Crippen molar-refractivity contribution in [1.29, 1.82) is 0 Å². The minimum atomic E-state index is -0.199. The van der Waals surface area contributed by atoms with Crippen molar-refractivity contribution in [1.82, 2.24) is 20.2 Å². The lowest BCUT2D eigenvalue weighted by molar-refractivity contribution is -0.123. The monoisotopic (exact) mass is 250 g/mol. The summed E-state index contributed by atoms with van der Waals surface area (Å²) in [7, 11) is 0. The van der Waals surface area contributed by atoms with Gasteiger partial charge in [-0.15, -0.1) is 0 Å². The zero-order chi connectivity index (χ0) is 13.0. The van der Waals surface area contributed by atoms with Crippen LogP contribution in [0.5, 0.6) is 0 Å². The molecule has 1 saturated carbocycles. The lowest BCUT2D eigenvalue weighted by Gasteiger charge is -2.16. The Balaban J connectivity index is 1.93. The first kappa shape index (κ1) is 13.1. The Labute approximate surface area is 108 Å². The van der Waals surface area contributed by atoms with Crippen molar-refractivity contribution in [2.24, 2.45) is 0 Å². The lowest BCUT2D eigenvalue weighted by Crippen LogP contribution is -2.32. The standard InChI is InChI=1S/C13H22N4O/c1-3-6-15-13(18)10(2)17-9-14-7-12(17)8-16-11-4-5-11/h7,9-11,16H,3-6,8H2,1-2H3,(H,15,18). The molecule has 0 aromatic carbocycles. The largest absolute Gasteiger partial charge is 0.354 e. The molecular weight excluding hydrogens is 228 g/mol.